The summed E-state index contributed by atoms with van der Waals surface area (Å²) >= 11 is 3.10. The molecule has 148 valence electrons. The zero-order valence-corrected chi connectivity index (χ0v) is 17.8. The predicted molar refractivity (Wildman–Crippen MR) is 120 cm³/mol. The SMILES string of the molecule is COc1cccc(CSc2nc(-c3cccs3)cc(-c3ccc(F)cc3)c2C#N)c1. The van der Waals surface area contributed by atoms with E-state index in [2.05, 4.69) is 6.07 Å². The Kier molecular flexibility index (Phi) is 6.12. The van der Waals surface area contributed by atoms with Crippen molar-refractivity contribution in [3.05, 3.63) is 89.1 Å². The predicted octanol–water partition coefficient (Wildman–Crippen LogP) is 6.79. The van der Waals surface area contributed by atoms with Crippen LogP contribution in [0.4, 0.5) is 4.39 Å². The third-order valence-corrected chi connectivity index (χ3v) is 6.48. The Labute approximate surface area is 182 Å². The van der Waals surface area contributed by atoms with E-state index in [1.54, 1.807) is 30.6 Å². The van der Waals surface area contributed by atoms with Gasteiger partial charge in [0.1, 0.15) is 22.7 Å². The van der Waals surface area contributed by atoms with Crippen LogP contribution in [0.1, 0.15) is 11.1 Å². The van der Waals surface area contributed by atoms with Crippen molar-refractivity contribution in [1.29, 1.82) is 5.26 Å². The molecule has 0 atom stereocenters. The molecular weight excluding hydrogens is 415 g/mol. The summed E-state index contributed by atoms with van der Waals surface area (Å²) in [5.74, 6) is 1.13. The number of hydrogen-bond acceptors (Lipinski definition) is 5. The lowest BCUT2D eigenvalue weighted by molar-refractivity contribution is 0.414. The number of pyridine rings is 1. The van der Waals surface area contributed by atoms with Crippen molar-refractivity contribution < 1.29 is 9.13 Å². The maximum absolute atomic E-state index is 13.4. The van der Waals surface area contributed by atoms with Crippen LogP contribution < -0.4 is 4.74 Å². The van der Waals surface area contributed by atoms with Crippen molar-refractivity contribution in [3.8, 4) is 33.5 Å². The number of aromatic nitrogens is 1. The molecule has 3 nitrogen and oxygen atoms in total. The van der Waals surface area contributed by atoms with E-state index in [-0.39, 0.29) is 5.82 Å². The maximum atomic E-state index is 13.4. The number of halogens is 1. The summed E-state index contributed by atoms with van der Waals surface area (Å²) in [6, 6.07) is 22.2. The van der Waals surface area contributed by atoms with E-state index in [4.69, 9.17) is 9.72 Å². The van der Waals surface area contributed by atoms with Gasteiger partial charge in [-0.2, -0.15) is 5.26 Å². The van der Waals surface area contributed by atoms with Gasteiger partial charge in [-0.25, -0.2) is 9.37 Å². The lowest BCUT2D eigenvalue weighted by Gasteiger charge is -2.12. The molecule has 0 saturated carbocycles. The van der Waals surface area contributed by atoms with E-state index in [9.17, 15) is 9.65 Å². The number of rotatable bonds is 6. The van der Waals surface area contributed by atoms with Crippen LogP contribution >= 0.6 is 23.1 Å². The Balaban J connectivity index is 1.77. The number of ether oxygens (including phenoxy) is 1. The van der Waals surface area contributed by atoms with Crippen LogP contribution in [0.2, 0.25) is 0 Å². The maximum Gasteiger partial charge on any atom is 0.123 e. The summed E-state index contributed by atoms with van der Waals surface area (Å²) in [6.45, 7) is 0. The molecule has 0 aliphatic heterocycles. The van der Waals surface area contributed by atoms with E-state index in [1.165, 1.54) is 23.9 Å². The van der Waals surface area contributed by atoms with Gasteiger partial charge in [-0.3, -0.25) is 0 Å². The largest absolute Gasteiger partial charge is 0.497 e. The number of thiophene rings is 1. The molecule has 2 aromatic carbocycles. The number of nitrogens with zero attached hydrogens (tertiary/aromatic N) is 2. The van der Waals surface area contributed by atoms with Crippen LogP contribution in [0.3, 0.4) is 0 Å². The first-order valence-electron chi connectivity index (χ1n) is 9.18. The van der Waals surface area contributed by atoms with Crippen molar-refractivity contribution in [2.75, 3.05) is 7.11 Å². The minimum absolute atomic E-state index is 0.308. The molecule has 0 aliphatic rings. The molecule has 4 rings (SSSR count). The minimum Gasteiger partial charge on any atom is -0.497 e. The molecule has 0 N–H and O–H groups in total. The van der Waals surface area contributed by atoms with Crippen LogP contribution in [-0.2, 0) is 5.75 Å². The smallest absolute Gasteiger partial charge is 0.123 e. The standard InChI is InChI=1S/C24H17FN2OS2/c1-28-19-5-2-4-16(12-19)15-30-24-21(14-26)20(17-7-9-18(25)10-8-17)13-22(27-24)23-6-3-11-29-23/h2-13H,15H2,1H3. The molecular formula is C24H17FN2OS2. The van der Waals surface area contributed by atoms with Crippen molar-refractivity contribution in [3.63, 3.8) is 0 Å². The molecule has 0 unspecified atom stereocenters. The van der Waals surface area contributed by atoms with E-state index in [0.717, 1.165) is 33.0 Å². The summed E-state index contributed by atoms with van der Waals surface area (Å²) in [6.07, 6.45) is 0. The first-order chi connectivity index (χ1) is 14.7. The monoisotopic (exact) mass is 432 g/mol. The third-order valence-electron chi connectivity index (χ3n) is 4.54. The van der Waals surface area contributed by atoms with Gasteiger partial charge in [0, 0.05) is 11.3 Å². The van der Waals surface area contributed by atoms with Crippen molar-refractivity contribution in [2.24, 2.45) is 0 Å². The second kappa shape index (κ2) is 9.12. The minimum atomic E-state index is -0.308. The molecule has 0 radical (unpaired) electrons. The molecule has 0 amide bonds. The number of thioether (sulfide) groups is 1. The fourth-order valence-corrected chi connectivity index (χ4v) is 4.69. The molecule has 0 spiro atoms. The number of methoxy groups -OCH3 is 1. The highest BCUT2D eigenvalue weighted by atomic mass is 32.2. The molecule has 30 heavy (non-hydrogen) atoms. The number of hydrogen-bond donors (Lipinski definition) is 0. The molecule has 2 heterocycles. The first kappa shape index (κ1) is 20.1. The molecule has 4 aromatic rings. The van der Waals surface area contributed by atoms with E-state index in [0.29, 0.717) is 16.3 Å². The van der Waals surface area contributed by atoms with Crippen LogP contribution in [0.5, 0.6) is 5.75 Å². The quantitative estimate of drug-likeness (QED) is 0.315. The Hall–Kier alpha value is -3.14. The molecule has 6 heteroatoms. The second-order valence-corrected chi connectivity index (χ2v) is 8.38. The van der Waals surface area contributed by atoms with Crippen LogP contribution in [0, 0.1) is 17.1 Å². The molecule has 0 fully saturated rings. The Morgan fingerprint density at radius 3 is 2.63 bits per heavy atom. The zero-order chi connectivity index (χ0) is 20.9. The Morgan fingerprint density at radius 1 is 1.10 bits per heavy atom. The Bertz CT molecular complexity index is 1200. The summed E-state index contributed by atoms with van der Waals surface area (Å²) in [5.41, 5.74) is 3.92. The van der Waals surface area contributed by atoms with Crippen molar-refractivity contribution >= 4 is 23.1 Å². The van der Waals surface area contributed by atoms with Crippen molar-refractivity contribution in [1.82, 2.24) is 4.98 Å². The number of nitriles is 1. The highest BCUT2D eigenvalue weighted by Crippen LogP contribution is 2.36. The summed E-state index contributed by atoms with van der Waals surface area (Å²) in [4.78, 5) is 5.81. The molecule has 0 bridgehead atoms. The summed E-state index contributed by atoms with van der Waals surface area (Å²) in [7, 11) is 1.64. The van der Waals surface area contributed by atoms with Gasteiger partial charge in [0.05, 0.1) is 23.2 Å². The van der Waals surface area contributed by atoms with Gasteiger partial charge in [0.15, 0.2) is 0 Å². The summed E-state index contributed by atoms with van der Waals surface area (Å²) in [5, 5.41) is 12.6. The third kappa shape index (κ3) is 4.38. The molecule has 0 saturated heterocycles. The van der Waals surface area contributed by atoms with Gasteiger partial charge < -0.3 is 4.74 Å². The fraction of sp³-hybridized carbons (Fsp3) is 0.0833. The lowest BCUT2D eigenvalue weighted by Crippen LogP contribution is -1.96. The molecule has 0 aliphatic carbocycles. The van der Waals surface area contributed by atoms with Gasteiger partial charge in [0.25, 0.3) is 0 Å². The van der Waals surface area contributed by atoms with Crippen LogP contribution in [0.25, 0.3) is 21.7 Å². The Morgan fingerprint density at radius 2 is 1.93 bits per heavy atom. The van der Waals surface area contributed by atoms with Gasteiger partial charge in [-0.15, -0.1) is 23.1 Å². The topological polar surface area (TPSA) is 45.9 Å². The molecule has 2 aromatic heterocycles. The summed E-state index contributed by atoms with van der Waals surface area (Å²) < 4.78 is 18.7. The average Bonchev–Trinajstić information content (AvgIpc) is 3.33. The van der Waals surface area contributed by atoms with E-state index in [1.807, 2.05) is 47.8 Å². The van der Waals surface area contributed by atoms with Crippen molar-refractivity contribution in [2.45, 2.75) is 10.8 Å². The van der Waals surface area contributed by atoms with Gasteiger partial charge in [-0.1, -0.05) is 30.3 Å². The highest BCUT2D eigenvalue weighted by molar-refractivity contribution is 7.98. The van der Waals surface area contributed by atoms with E-state index >= 15 is 0 Å². The fourth-order valence-electron chi connectivity index (χ4n) is 3.06. The number of benzene rings is 2. The zero-order valence-electron chi connectivity index (χ0n) is 16.1. The average molecular weight is 433 g/mol. The van der Waals surface area contributed by atoms with Crippen LogP contribution in [-0.4, -0.2) is 12.1 Å². The normalized spacial score (nSPS) is 10.6. The van der Waals surface area contributed by atoms with Gasteiger partial charge >= 0.3 is 0 Å². The van der Waals surface area contributed by atoms with Gasteiger partial charge in [-0.05, 0) is 52.9 Å². The van der Waals surface area contributed by atoms with Crippen LogP contribution in [0.15, 0.2) is 77.1 Å². The van der Waals surface area contributed by atoms with E-state index < -0.39 is 0 Å². The second-order valence-electron chi connectivity index (χ2n) is 6.47. The van der Waals surface area contributed by atoms with Gasteiger partial charge in [0.2, 0.25) is 0 Å². The first-order valence-corrected chi connectivity index (χ1v) is 11.0. The lowest BCUT2D eigenvalue weighted by atomic mass is 10.0. The highest BCUT2D eigenvalue weighted by Gasteiger charge is 2.16.